The van der Waals surface area contributed by atoms with Gasteiger partial charge in [-0.05, 0) is 30.7 Å². The molecule has 0 radical (unpaired) electrons. The Morgan fingerprint density at radius 3 is 2.41 bits per heavy atom. The molecule has 1 atom stereocenters. The van der Waals surface area contributed by atoms with Crippen LogP contribution in [0, 0.1) is 0 Å². The molecule has 0 heterocycles. The molecule has 1 unspecified atom stereocenters. The monoisotopic (exact) mass is 273 g/mol. The van der Waals surface area contributed by atoms with Gasteiger partial charge in [0.1, 0.15) is 5.78 Å². The zero-order chi connectivity index (χ0) is 12.5. The van der Waals surface area contributed by atoms with Crippen LogP contribution in [0.2, 0.25) is 5.02 Å². The summed E-state index contributed by atoms with van der Waals surface area (Å²) in [5, 5.41) is 0.486. The normalized spacial score (nSPS) is 20.8. The van der Waals surface area contributed by atoms with Gasteiger partial charge >= 0.3 is 0 Å². The van der Waals surface area contributed by atoms with Gasteiger partial charge < -0.3 is 0 Å². The second kappa shape index (κ2) is 4.76. The zero-order valence-corrected chi connectivity index (χ0v) is 10.6. The average Bonchev–Trinajstić information content (AvgIpc) is 2.63. The number of nitrogens with one attached hydrogen (secondary N) is 1. The standard InChI is InChI=1S/C11H12ClNO3S/c12-8-1-5-11(6-2-8)17(15,16)13-9-3-4-10(14)7-9/h1-2,5-6,9,13H,3-4,7H2. The minimum atomic E-state index is -3.54. The fourth-order valence-electron chi connectivity index (χ4n) is 1.82. The summed E-state index contributed by atoms with van der Waals surface area (Å²) in [6.07, 6.45) is 1.31. The summed E-state index contributed by atoms with van der Waals surface area (Å²) in [6.45, 7) is 0. The van der Waals surface area contributed by atoms with Crippen LogP contribution in [0.4, 0.5) is 0 Å². The van der Waals surface area contributed by atoms with Gasteiger partial charge in [-0.15, -0.1) is 0 Å². The number of rotatable bonds is 3. The maximum Gasteiger partial charge on any atom is 0.240 e. The fraction of sp³-hybridized carbons (Fsp3) is 0.364. The third-order valence-electron chi connectivity index (χ3n) is 2.69. The lowest BCUT2D eigenvalue weighted by Gasteiger charge is -2.11. The van der Waals surface area contributed by atoms with Gasteiger partial charge in [-0.2, -0.15) is 0 Å². The van der Waals surface area contributed by atoms with Crippen molar-refractivity contribution < 1.29 is 13.2 Å². The van der Waals surface area contributed by atoms with E-state index in [1.807, 2.05) is 0 Å². The average molecular weight is 274 g/mol. The first kappa shape index (κ1) is 12.5. The molecule has 17 heavy (non-hydrogen) atoms. The van der Waals surface area contributed by atoms with E-state index < -0.39 is 10.0 Å². The summed E-state index contributed by atoms with van der Waals surface area (Å²) in [6, 6.07) is 5.66. The highest BCUT2D eigenvalue weighted by atomic mass is 35.5. The van der Waals surface area contributed by atoms with Crippen LogP contribution < -0.4 is 4.72 Å². The molecule has 0 saturated heterocycles. The Hall–Kier alpha value is -0.910. The fourth-order valence-corrected chi connectivity index (χ4v) is 3.21. The van der Waals surface area contributed by atoms with Gasteiger partial charge in [0.25, 0.3) is 0 Å². The highest BCUT2D eigenvalue weighted by molar-refractivity contribution is 7.89. The second-order valence-corrected chi connectivity index (χ2v) is 6.20. The topological polar surface area (TPSA) is 63.2 Å². The van der Waals surface area contributed by atoms with Crippen molar-refractivity contribution in [3.05, 3.63) is 29.3 Å². The van der Waals surface area contributed by atoms with Gasteiger partial charge in [0, 0.05) is 23.9 Å². The van der Waals surface area contributed by atoms with Crippen LogP contribution in [-0.2, 0) is 14.8 Å². The van der Waals surface area contributed by atoms with Crippen molar-refractivity contribution in [1.29, 1.82) is 0 Å². The first-order valence-electron chi connectivity index (χ1n) is 5.27. The van der Waals surface area contributed by atoms with Crippen LogP contribution >= 0.6 is 11.6 Å². The predicted molar refractivity (Wildman–Crippen MR) is 64.4 cm³/mol. The van der Waals surface area contributed by atoms with E-state index in [9.17, 15) is 13.2 Å². The Balaban J connectivity index is 2.14. The number of carbonyl (C=O) groups is 1. The number of benzene rings is 1. The van der Waals surface area contributed by atoms with Crippen LogP contribution in [0.5, 0.6) is 0 Å². The van der Waals surface area contributed by atoms with Crippen molar-refractivity contribution in [2.75, 3.05) is 0 Å². The first-order chi connectivity index (χ1) is 7.97. The first-order valence-corrected chi connectivity index (χ1v) is 7.13. The highest BCUT2D eigenvalue weighted by Gasteiger charge is 2.26. The molecule has 1 aromatic carbocycles. The van der Waals surface area contributed by atoms with Gasteiger partial charge in [-0.1, -0.05) is 11.6 Å². The quantitative estimate of drug-likeness (QED) is 0.912. The lowest BCUT2D eigenvalue weighted by molar-refractivity contribution is -0.117. The van der Waals surface area contributed by atoms with E-state index in [0.717, 1.165) is 0 Å². The maximum absolute atomic E-state index is 11.9. The molecule has 2 rings (SSSR count). The lowest BCUT2D eigenvalue weighted by atomic mass is 10.3. The lowest BCUT2D eigenvalue weighted by Crippen LogP contribution is -2.33. The van der Waals surface area contributed by atoms with Gasteiger partial charge in [0.05, 0.1) is 4.90 Å². The van der Waals surface area contributed by atoms with Crippen molar-refractivity contribution in [3.63, 3.8) is 0 Å². The Labute approximate surface area is 105 Å². The van der Waals surface area contributed by atoms with Crippen molar-refractivity contribution in [2.45, 2.75) is 30.2 Å². The second-order valence-electron chi connectivity index (χ2n) is 4.05. The number of ketones is 1. The van der Waals surface area contributed by atoms with Gasteiger partial charge in [0.2, 0.25) is 10.0 Å². The summed E-state index contributed by atoms with van der Waals surface area (Å²) >= 11 is 5.69. The molecule has 1 aliphatic carbocycles. The molecule has 6 heteroatoms. The van der Waals surface area contributed by atoms with Crippen LogP contribution in [0.1, 0.15) is 19.3 Å². The smallest absolute Gasteiger partial charge is 0.240 e. The minimum absolute atomic E-state index is 0.105. The molecule has 1 fully saturated rings. The molecule has 1 aromatic rings. The van der Waals surface area contributed by atoms with Crippen molar-refractivity contribution in [2.24, 2.45) is 0 Å². The van der Waals surface area contributed by atoms with Gasteiger partial charge in [-0.3, -0.25) is 4.79 Å². The Morgan fingerprint density at radius 2 is 1.88 bits per heavy atom. The Bertz CT molecular complexity index is 524. The molecule has 0 aromatic heterocycles. The van der Waals surface area contributed by atoms with E-state index in [1.54, 1.807) is 0 Å². The number of carbonyl (C=O) groups excluding carboxylic acids is 1. The van der Waals surface area contributed by atoms with E-state index in [-0.39, 0.29) is 23.1 Å². The van der Waals surface area contributed by atoms with Crippen molar-refractivity contribution >= 4 is 27.4 Å². The van der Waals surface area contributed by atoms with E-state index in [1.165, 1.54) is 24.3 Å². The number of halogens is 1. The number of hydrogen-bond acceptors (Lipinski definition) is 3. The van der Waals surface area contributed by atoms with E-state index in [0.29, 0.717) is 17.9 Å². The van der Waals surface area contributed by atoms with Crippen molar-refractivity contribution in [3.8, 4) is 0 Å². The summed E-state index contributed by atoms with van der Waals surface area (Å²) in [4.78, 5) is 11.2. The Morgan fingerprint density at radius 1 is 1.24 bits per heavy atom. The zero-order valence-electron chi connectivity index (χ0n) is 9.02. The molecular formula is C11H12ClNO3S. The molecule has 1 saturated carbocycles. The molecule has 92 valence electrons. The molecule has 4 nitrogen and oxygen atoms in total. The van der Waals surface area contributed by atoms with E-state index in [2.05, 4.69) is 4.72 Å². The molecule has 1 N–H and O–H groups in total. The number of hydrogen-bond donors (Lipinski definition) is 1. The summed E-state index contributed by atoms with van der Waals surface area (Å²) in [5.74, 6) is 0.105. The molecule has 1 aliphatic rings. The molecule has 0 aliphatic heterocycles. The van der Waals surface area contributed by atoms with Gasteiger partial charge in [0.15, 0.2) is 0 Å². The molecular weight excluding hydrogens is 262 g/mol. The Kier molecular flexibility index (Phi) is 3.51. The van der Waals surface area contributed by atoms with Crippen LogP contribution in [0.3, 0.4) is 0 Å². The largest absolute Gasteiger partial charge is 0.300 e. The molecule has 0 amide bonds. The van der Waals surface area contributed by atoms with E-state index >= 15 is 0 Å². The van der Waals surface area contributed by atoms with E-state index in [4.69, 9.17) is 11.6 Å². The SMILES string of the molecule is O=C1CCC(NS(=O)(=O)c2ccc(Cl)cc2)C1. The third-order valence-corrected chi connectivity index (χ3v) is 4.48. The number of sulfonamides is 1. The number of Topliss-reactive ketones (excluding diaryl/α,β-unsaturated/α-hetero) is 1. The molecule has 0 bridgehead atoms. The van der Waals surface area contributed by atoms with Crippen molar-refractivity contribution in [1.82, 2.24) is 4.72 Å². The van der Waals surface area contributed by atoms with Crippen LogP contribution in [0.25, 0.3) is 0 Å². The summed E-state index contributed by atoms with van der Waals surface area (Å²) in [7, 11) is -3.54. The van der Waals surface area contributed by atoms with Gasteiger partial charge in [-0.25, -0.2) is 13.1 Å². The highest BCUT2D eigenvalue weighted by Crippen LogP contribution is 2.19. The van der Waals surface area contributed by atoms with Crippen LogP contribution in [-0.4, -0.2) is 20.2 Å². The summed E-state index contributed by atoms with van der Waals surface area (Å²) in [5.41, 5.74) is 0. The predicted octanol–water partition coefficient (Wildman–Crippen LogP) is 1.74. The maximum atomic E-state index is 11.9. The minimum Gasteiger partial charge on any atom is -0.300 e. The third kappa shape index (κ3) is 3.06. The summed E-state index contributed by atoms with van der Waals surface area (Å²) < 4.78 is 26.4. The molecule has 0 spiro atoms. The van der Waals surface area contributed by atoms with Crippen LogP contribution in [0.15, 0.2) is 29.2 Å².